The standard InChI is InChI=1S/C15H17FN2O2/c1-20-13-7-4-5-11(16)14(13)15(19)10(9-17)12-6-2-3-8-18-12/h2-8,10,15,19H,9,17H2,1H3. The molecule has 0 fully saturated rings. The van der Waals surface area contributed by atoms with Gasteiger partial charge in [0.15, 0.2) is 0 Å². The van der Waals surface area contributed by atoms with Crippen molar-refractivity contribution < 1.29 is 14.2 Å². The Morgan fingerprint density at radius 1 is 1.30 bits per heavy atom. The van der Waals surface area contributed by atoms with Crippen LogP contribution in [0.2, 0.25) is 0 Å². The van der Waals surface area contributed by atoms with Gasteiger partial charge < -0.3 is 15.6 Å². The Labute approximate surface area is 117 Å². The van der Waals surface area contributed by atoms with Crippen LogP contribution in [0.3, 0.4) is 0 Å². The number of benzene rings is 1. The molecule has 4 nitrogen and oxygen atoms in total. The monoisotopic (exact) mass is 276 g/mol. The normalized spacial score (nSPS) is 13.8. The van der Waals surface area contributed by atoms with Gasteiger partial charge >= 0.3 is 0 Å². The maximum absolute atomic E-state index is 14.0. The molecule has 2 unspecified atom stereocenters. The Kier molecular flexibility index (Phi) is 4.65. The summed E-state index contributed by atoms with van der Waals surface area (Å²) >= 11 is 0. The second-order valence-corrected chi connectivity index (χ2v) is 4.40. The van der Waals surface area contributed by atoms with Crippen molar-refractivity contribution in [2.45, 2.75) is 12.0 Å². The third-order valence-corrected chi connectivity index (χ3v) is 3.23. The van der Waals surface area contributed by atoms with E-state index in [4.69, 9.17) is 10.5 Å². The fourth-order valence-electron chi connectivity index (χ4n) is 2.19. The van der Waals surface area contributed by atoms with Crippen molar-refractivity contribution in [2.24, 2.45) is 5.73 Å². The molecule has 0 amide bonds. The van der Waals surface area contributed by atoms with Crippen LogP contribution in [0.25, 0.3) is 0 Å². The summed E-state index contributed by atoms with van der Waals surface area (Å²) in [6.45, 7) is 0.148. The Bertz CT molecular complexity index is 563. The number of pyridine rings is 1. The van der Waals surface area contributed by atoms with E-state index in [1.807, 2.05) is 0 Å². The summed E-state index contributed by atoms with van der Waals surface area (Å²) < 4.78 is 19.1. The second kappa shape index (κ2) is 6.45. The minimum Gasteiger partial charge on any atom is -0.496 e. The van der Waals surface area contributed by atoms with Gasteiger partial charge in [-0.25, -0.2) is 4.39 Å². The number of methoxy groups -OCH3 is 1. The number of ether oxygens (including phenoxy) is 1. The van der Waals surface area contributed by atoms with Crippen molar-refractivity contribution >= 4 is 0 Å². The molecular weight excluding hydrogens is 259 g/mol. The fourth-order valence-corrected chi connectivity index (χ4v) is 2.19. The molecule has 0 aliphatic carbocycles. The number of hydrogen-bond acceptors (Lipinski definition) is 4. The van der Waals surface area contributed by atoms with Crippen LogP contribution in [0, 0.1) is 5.82 Å². The number of hydrogen-bond donors (Lipinski definition) is 2. The fraction of sp³-hybridized carbons (Fsp3) is 0.267. The van der Waals surface area contributed by atoms with Gasteiger partial charge in [-0.1, -0.05) is 12.1 Å². The van der Waals surface area contributed by atoms with Gasteiger partial charge in [0, 0.05) is 24.4 Å². The Morgan fingerprint density at radius 2 is 2.10 bits per heavy atom. The predicted octanol–water partition coefficient (Wildman–Crippen LogP) is 2.01. The largest absolute Gasteiger partial charge is 0.496 e. The highest BCUT2D eigenvalue weighted by Gasteiger charge is 2.27. The van der Waals surface area contributed by atoms with Crippen LogP contribution >= 0.6 is 0 Å². The molecular formula is C15H17FN2O2. The zero-order chi connectivity index (χ0) is 14.5. The maximum atomic E-state index is 14.0. The lowest BCUT2D eigenvalue weighted by Crippen LogP contribution is -2.22. The number of halogens is 1. The minimum absolute atomic E-state index is 0.108. The summed E-state index contributed by atoms with van der Waals surface area (Å²) in [7, 11) is 1.43. The summed E-state index contributed by atoms with van der Waals surface area (Å²) in [5.74, 6) is -0.722. The number of nitrogens with zero attached hydrogens (tertiary/aromatic N) is 1. The van der Waals surface area contributed by atoms with Gasteiger partial charge in [0.2, 0.25) is 0 Å². The van der Waals surface area contributed by atoms with Crippen molar-refractivity contribution in [1.29, 1.82) is 0 Å². The number of aromatic nitrogens is 1. The molecule has 2 atom stereocenters. The molecule has 0 spiro atoms. The first-order valence-electron chi connectivity index (χ1n) is 6.30. The van der Waals surface area contributed by atoms with E-state index in [2.05, 4.69) is 4.98 Å². The molecule has 0 radical (unpaired) electrons. The Hall–Kier alpha value is -1.98. The van der Waals surface area contributed by atoms with E-state index in [0.717, 1.165) is 0 Å². The van der Waals surface area contributed by atoms with Crippen LogP contribution in [0.1, 0.15) is 23.3 Å². The maximum Gasteiger partial charge on any atom is 0.132 e. The molecule has 0 saturated heterocycles. The van der Waals surface area contributed by atoms with Gasteiger partial charge in [0.05, 0.1) is 18.8 Å². The average molecular weight is 276 g/mol. The molecule has 5 heteroatoms. The molecule has 1 aromatic heterocycles. The van der Waals surface area contributed by atoms with Crippen LogP contribution in [0.4, 0.5) is 4.39 Å². The quantitative estimate of drug-likeness (QED) is 0.876. The second-order valence-electron chi connectivity index (χ2n) is 4.40. The number of aliphatic hydroxyl groups excluding tert-OH is 1. The van der Waals surface area contributed by atoms with E-state index in [1.54, 1.807) is 30.5 Å². The first-order chi connectivity index (χ1) is 9.69. The molecule has 3 N–H and O–H groups in total. The third kappa shape index (κ3) is 2.79. The third-order valence-electron chi connectivity index (χ3n) is 3.23. The van der Waals surface area contributed by atoms with E-state index < -0.39 is 17.8 Å². The lowest BCUT2D eigenvalue weighted by Gasteiger charge is -2.23. The highest BCUT2D eigenvalue weighted by atomic mass is 19.1. The van der Waals surface area contributed by atoms with Crippen LogP contribution in [0.5, 0.6) is 5.75 Å². The first kappa shape index (κ1) is 14.4. The number of rotatable bonds is 5. The first-order valence-corrected chi connectivity index (χ1v) is 6.30. The van der Waals surface area contributed by atoms with Gasteiger partial charge in [-0.3, -0.25) is 4.98 Å². The van der Waals surface area contributed by atoms with Crippen molar-refractivity contribution in [1.82, 2.24) is 4.98 Å². The lowest BCUT2D eigenvalue weighted by atomic mass is 9.91. The van der Waals surface area contributed by atoms with Gasteiger partial charge in [-0.2, -0.15) is 0 Å². The van der Waals surface area contributed by atoms with Gasteiger partial charge in [0.1, 0.15) is 11.6 Å². The summed E-state index contributed by atoms with van der Waals surface area (Å²) in [4.78, 5) is 4.18. The van der Waals surface area contributed by atoms with Crippen LogP contribution < -0.4 is 10.5 Å². The van der Waals surface area contributed by atoms with Crippen LogP contribution in [-0.4, -0.2) is 23.7 Å². The van der Waals surface area contributed by atoms with Crippen molar-refractivity contribution in [3.63, 3.8) is 0 Å². The molecule has 106 valence electrons. The number of nitrogens with two attached hydrogens (primary N) is 1. The number of aliphatic hydroxyl groups is 1. The Balaban J connectivity index is 2.41. The van der Waals surface area contributed by atoms with Crippen LogP contribution in [0.15, 0.2) is 42.6 Å². The lowest BCUT2D eigenvalue weighted by molar-refractivity contribution is 0.137. The molecule has 0 bridgehead atoms. The SMILES string of the molecule is COc1cccc(F)c1C(O)C(CN)c1ccccn1. The molecule has 2 aromatic rings. The average Bonchev–Trinajstić information content (AvgIpc) is 2.48. The molecule has 1 heterocycles. The molecule has 0 saturated carbocycles. The molecule has 2 rings (SSSR count). The zero-order valence-corrected chi connectivity index (χ0v) is 11.2. The predicted molar refractivity (Wildman–Crippen MR) is 73.9 cm³/mol. The summed E-state index contributed by atoms with van der Waals surface area (Å²) in [5.41, 5.74) is 6.45. The summed E-state index contributed by atoms with van der Waals surface area (Å²) in [6.07, 6.45) is 0.495. The summed E-state index contributed by atoms with van der Waals surface area (Å²) in [5, 5.41) is 10.5. The van der Waals surface area contributed by atoms with Gasteiger partial charge in [0.25, 0.3) is 0 Å². The van der Waals surface area contributed by atoms with Crippen molar-refractivity contribution in [3.8, 4) is 5.75 Å². The van der Waals surface area contributed by atoms with Crippen molar-refractivity contribution in [2.75, 3.05) is 13.7 Å². The van der Waals surface area contributed by atoms with Crippen LogP contribution in [-0.2, 0) is 0 Å². The smallest absolute Gasteiger partial charge is 0.132 e. The molecule has 20 heavy (non-hydrogen) atoms. The highest BCUT2D eigenvalue weighted by Crippen LogP contribution is 2.36. The van der Waals surface area contributed by atoms with E-state index in [-0.39, 0.29) is 12.1 Å². The summed E-state index contributed by atoms with van der Waals surface area (Å²) in [6, 6.07) is 9.75. The van der Waals surface area contributed by atoms with Gasteiger partial charge in [-0.15, -0.1) is 0 Å². The Morgan fingerprint density at radius 3 is 2.70 bits per heavy atom. The van der Waals surface area contributed by atoms with E-state index >= 15 is 0 Å². The molecule has 0 aliphatic rings. The van der Waals surface area contributed by atoms with E-state index in [9.17, 15) is 9.50 Å². The van der Waals surface area contributed by atoms with Crippen molar-refractivity contribution in [3.05, 3.63) is 59.7 Å². The minimum atomic E-state index is -1.12. The molecule has 0 aliphatic heterocycles. The highest BCUT2D eigenvalue weighted by molar-refractivity contribution is 5.38. The van der Waals surface area contributed by atoms with E-state index in [1.165, 1.54) is 19.2 Å². The molecule has 1 aromatic carbocycles. The zero-order valence-electron chi connectivity index (χ0n) is 11.2. The topological polar surface area (TPSA) is 68.4 Å². The van der Waals surface area contributed by atoms with Gasteiger partial charge in [-0.05, 0) is 24.3 Å². The van der Waals surface area contributed by atoms with E-state index in [0.29, 0.717) is 11.4 Å².